The zero-order valence-electron chi connectivity index (χ0n) is 4.73. The quantitative estimate of drug-likeness (QED) is 0.514. The van der Waals surface area contributed by atoms with Crippen molar-refractivity contribution in [2.24, 2.45) is 5.11 Å². The van der Waals surface area contributed by atoms with Gasteiger partial charge in [-0.3, -0.25) is 0 Å². The highest BCUT2D eigenvalue weighted by Gasteiger charge is 1.76. The van der Waals surface area contributed by atoms with Gasteiger partial charge in [0.15, 0.2) is 0 Å². The fourth-order valence-corrected chi connectivity index (χ4v) is 0.201. The molecule has 0 unspecified atom stereocenters. The predicted octanol–water partition coefficient (Wildman–Crippen LogP) is 2.33. The monoisotopic (exact) mass is 98.1 g/mol. The molecule has 0 bridgehead atoms. The van der Waals surface area contributed by atoms with Crippen molar-refractivity contribution in [2.75, 3.05) is 0 Å². The Bertz CT molecular complexity index is 84.1. The van der Waals surface area contributed by atoms with Gasteiger partial charge in [0.25, 0.3) is 0 Å². The van der Waals surface area contributed by atoms with Gasteiger partial charge in [-0.1, -0.05) is 12.5 Å². The zero-order valence-corrected chi connectivity index (χ0v) is 4.73. The number of hydrogen-bond acceptors (Lipinski definition) is 2. The molecule has 2 heteroatoms. The van der Waals surface area contributed by atoms with Gasteiger partial charge in [-0.25, -0.2) is 5.53 Å². The number of hydrogen-bond donors (Lipinski definition) is 1. The topological polar surface area (TPSA) is 36.2 Å². The first-order valence-electron chi connectivity index (χ1n) is 2.33. The van der Waals surface area contributed by atoms with Gasteiger partial charge in [-0.15, -0.1) is 0 Å². The lowest BCUT2D eigenvalue weighted by molar-refractivity contribution is 1.04. The molecule has 0 aromatic carbocycles. The normalized spacial score (nSPS) is 11.4. The van der Waals surface area contributed by atoms with E-state index in [9.17, 15) is 0 Å². The summed E-state index contributed by atoms with van der Waals surface area (Å²) in [5, 5.41) is 3.09. The molecule has 0 aromatic rings. The van der Waals surface area contributed by atoms with Crippen LogP contribution < -0.4 is 0 Å². The summed E-state index contributed by atoms with van der Waals surface area (Å²) in [7, 11) is 0. The van der Waals surface area contributed by atoms with Crippen molar-refractivity contribution < 1.29 is 0 Å². The Balaban J connectivity index is 3.49. The summed E-state index contributed by atoms with van der Waals surface area (Å²) in [5.74, 6) is 0. The molecule has 0 rings (SSSR count). The van der Waals surface area contributed by atoms with Crippen LogP contribution >= 0.6 is 0 Å². The van der Waals surface area contributed by atoms with Crippen LogP contribution in [0.3, 0.4) is 0 Å². The van der Waals surface area contributed by atoms with Crippen molar-refractivity contribution in [2.45, 2.75) is 20.3 Å². The zero-order chi connectivity index (χ0) is 5.70. The first-order chi connectivity index (χ1) is 3.31. The van der Waals surface area contributed by atoms with E-state index in [2.05, 4.69) is 5.11 Å². The lowest BCUT2D eigenvalue weighted by atomic mass is 10.3. The molecule has 0 saturated heterocycles. The molecule has 0 aromatic heterocycles. The Morgan fingerprint density at radius 2 is 2.43 bits per heavy atom. The fourth-order valence-electron chi connectivity index (χ4n) is 0.201. The Morgan fingerprint density at radius 1 is 1.86 bits per heavy atom. The second kappa shape index (κ2) is 3.53. The molecule has 0 saturated carbocycles. The third-order valence-electron chi connectivity index (χ3n) is 0.843. The fraction of sp³-hybridized carbons (Fsp3) is 0.600. The van der Waals surface area contributed by atoms with Crippen LogP contribution in [0, 0.1) is 5.53 Å². The van der Waals surface area contributed by atoms with E-state index in [1.807, 2.05) is 13.8 Å². The minimum atomic E-state index is 0.988. The van der Waals surface area contributed by atoms with E-state index >= 15 is 0 Å². The summed E-state index contributed by atoms with van der Waals surface area (Å²) in [6, 6.07) is 0. The minimum Gasteiger partial charge on any atom is -0.205 e. The number of rotatable bonds is 2. The summed E-state index contributed by atoms with van der Waals surface area (Å²) in [6.07, 6.45) is 2.54. The summed E-state index contributed by atoms with van der Waals surface area (Å²) < 4.78 is 0. The van der Waals surface area contributed by atoms with Crippen LogP contribution in [-0.2, 0) is 0 Å². The Kier molecular flexibility index (Phi) is 3.19. The summed E-state index contributed by atoms with van der Waals surface area (Å²) in [5.41, 5.74) is 7.53. The van der Waals surface area contributed by atoms with E-state index in [0.29, 0.717) is 0 Å². The predicted molar refractivity (Wildman–Crippen MR) is 29.2 cm³/mol. The molecule has 0 spiro atoms. The van der Waals surface area contributed by atoms with Gasteiger partial charge in [0.05, 0.1) is 0 Å². The average Bonchev–Trinajstić information content (AvgIpc) is 1.68. The molecule has 0 heterocycles. The number of allylic oxidation sites excluding steroid dienone is 1. The van der Waals surface area contributed by atoms with Crippen LogP contribution in [0.1, 0.15) is 20.3 Å². The molecule has 0 aliphatic heterocycles. The van der Waals surface area contributed by atoms with Gasteiger partial charge >= 0.3 is 0 Å². The Labute approximate surface area is 43.7 Å². The molecule has 0 atom stereocenters. The van der Waals surface area contributed by atoms with Crippen LogP contribution in [0.5, 0.6) is 0 Å². The van der Waals surface area contributed by atoms with Gasteiger partial charge in [0.2, 0.25) is 0 Å². The van der Waals surface area contributed by atoms with Crippen LogP contribution in [0.15, 0.2) is 16.9 Å². The third-order valence-corrected chi connectivity index (χ3v) is 0.843. The second-order valence-corrected chi connectivity index (χ2v) is 1.46. The maximum absolute atomic E-state index is 6.38. The molecule has 0 amide bonds. The second-order valence-electron chi connectivity index (χ2n) is 1.46. The van der Waals surface area contributed by atoms with E-state index in [4.69, 9.17) is 5.53 Å². The van der Waals surface area contributed by atoms with E-state index in [1.54, 1.807) is 6.20 Å². The maximum atomic E-state index is 6.38. The van der Waals surface area contributed by atoms with Crippen molar-refractivity contribution in [3.05, 3.63) is 11.8 Å². The molecule has 0 fully saturated rings. The van der Waals surface area contributed by atoms with Crippen molar-refractivity contribution in [1.29, 1.82) is 5.53 Å². The molecule has 1 N–H and O–H groups in total. The highest BCUT2D eigenvalue weighted by atomic mass is 14.9. The highest BCUT2D eigenvalue weighted by Crippen LogP contribution is 1.95. The van der Waals surface area contributed by atoms with Gasteiger partial charge in [0, 0.05) is 6.20 Å². The van der Waals surface area contributed by atoms with Crippen LogP contribution in [0.4, 0.5) is 0 Å². The molecule has 2 nitrogen and oxygen atoms in total. The van der Waals surface area contributed by atoms with Crippen molar-refractivity contribution in [3.8, 4) is 0 Å². The van der Waals surface area contributed by atoms with E-state index in [-0.39, 0.29) is 0 Å². The van der Waals surface area contributed by atoms with Crippen molar-refractivity contribution in [1.82, 2.24) is 0 Å². The van der Waals surface area contributed by atoms with E-state index in [0.717, 1.165) is 12.0 Å². The van der Waals surface area contributed by atoms with Crippen LogP contribution in [0.2, 0.25) is 0 Å². The van der Waals surface area contributed by atoms with Crippen LogP contribution in [0.25, 0.3) is 0 Å². The Morgan fingerprint density at radius 3 is 2.57 bits per heavy atom. The smallest absolute Gasteiger partial charge is 0.0477 e. The molecule has 7 heavy (non-hydrogen) atoms. The van der Waals surface area contributed by atoms with Crippen LogP contribution in [-0.4, -0.2) is 0 Å². The SMILES string of the molecule is CC/C(C)=C\N=N. The molecular weight excluding hydrogens is 88.1 g/mol. The number of nitrogens with zero attached hydrogens (tertiary/aromatic N) is 1. The van der Waals surface area contributed by atoms with Crippen molar-refractivity contribution in [3.63, 3.8) is 0 Å². The van der Waals surface area contributed by atoms with Gasteiger partial charge < -0.3 is 0 Å². The largest absolute Gasteiger partial charge is 0.205 e. The summed E-state index contributed by atoms with van der Waals surface area (Å²) >= 11 is 0. The molecule has 0 aliphatic carbocycles. The summed E-state index contributed by atoms with van der Waals surface area (Å²) in [4.78, 5) is 0. The number of nitrogens with one attached hydrogen (secondary N) is 1. The van der Waals surface area contributed by atoms with Crippen molar-refractivity contribution >= 4 is 0 Å². The van der Waals surface area contributed by atoms with E-state index < -0.39 is 0 Å². The molecule has 40 valence electrons. The lowest BCUT2D eigenvalue weighted by Gasteiger charge is -1.84. The standard InChI is InChI=1S/C5H10N2/c1-3-5(2)4-7-6/h4,6H,3H2,1-2H3/b5-4-,7-6?. The molecular formula is C5H10N2. The Hall–Kier alpha value is -0.660. The average molecular weight is 98.1 g/mol. The molecule has 0 radical (unpaired) electrons. The first kappa shape index (κ1) is 6.34. The minimum absolute atomic E-state index is 0.988. The highest BCUT2D eigenvalue weighted by molar-refractivity contribution is 4.93. The molecule has 0 aliphatic rings. The lowest BCUT2D eigenvalue weighted by Crippen LogP contribution is -1.65. The third kappa shape index (κ3) is 3.16. The van der Waals surface area contributed by atoms with E-state index in [1.165, 1.54) is 0 Å². The summed E-state index contributed by atoms with van der Waals surface area (Å²) in [6.45, 7) is 4.00. The van der Waals surface area contributed by atoms with Gasteiger partial charge in [0.1, 0.15) is 0 Å². The first-order valence-corrected chi connectivity index (χ1v) is 2.33. The van der Waals surface area contributed by atoms with Gasteiger partial charge in [-0.05, 0) is 13.3 Å². The van der Waals surface area contributed by atoms with Gasteiger partial charge in [-0.2, -0.15) is 5.11 Å². The maximum Gasteiger partial charge on any atom is 0.0477 e.